The predicted octanol–water partition coefficient (Wildman–Crippen LogP) is 3.02. The lowest BCUT2D eigenvalue weighted by atomic mass is 9.86. The largest absolute Gasteiger partial charge is 0.390 e. The van der Waals surface area contributed by atoms with Crippen molar-refractivity contribution in [3.63, 3.8) is 0 Å². The molecule has 12 heavy (non-hydrogen) atoms. The van der Waals surface area contributed by atoms with Gasteiger partial charge in [-0.25, -0.2) is 0 Å². The van der Waals surface area contributed by atoms with Crippen molar-refractivity contribution in [2.24, 2.45) is 0 Å². The zero-order valence-electron chi connectivity index (χ0n) is 8.69. The molecule has 0 saturated heterocycles. The highest BCUT2D eigenvalue weighted by molar-refractivity contribution is 6.76. The summed E-state index contributed by atoms with van der Waals surface area (Å²) in [5, 5.41) is 10.2. The Morgan fingerprint density at radius 1 is 1.08 bits per heavy atom. The second kappa shape index (κ2) is 3.50. The van der Waals surface area contributed by atoms with Crippen LogP contribution in [0.15, 0.2) is 0 Å². The van der Waals surface area contributed by atoms with Crippen molar-refractivity contribution in [1.82, 2.24) is 0 Å². The molecular weight excluding hydrogens is 164 g/mol. The van der Waals surface area contributed by atoms with Crippen LogP contribution in [0.5, 0.6) is 0 Å². The smallest absolute Gasteiger partial charge is 0.0624 e. The summed E-state index contributed by atoms with van der Waals surface area (Å²) in [5.74, 6) is 0. The second-order valence-corrected chi connectivity index (χ2v) is 11.0. The third-order valence-electron chi connectivity index (χ3n) is 2.64. The van der Waals surface area contributed by atoms with Gasteiger partial charge in [-0.3, -0.25) is 0 Å². The second-order valence-electron chi connectivity index (χ2n) is 5.52. The summed E-state index contributed by atoms with van der Waals surface area (Å²) in [5.41, 5.74) is -0.275. The lowest BCUT2D eigenvalue weighted by Gasteiger charge is -2.36. The fourth-order valence-electron chi connectivity index (χ4n) is 2.37. The molecule has 0 spiro atoms. The van der Waals surface area contributed by atoms with Gasteiger partial charge in [-0.2, -0.15) is 0 Å². The average Bonchev–Trinajstić information content (AvgIpc) is 1.83. The van der Waals surface area contributed by atoms with Crippen LogP contribution in [0.3, 0.4) is 0 Å². The van der Waals surface area contributed by atoms with Crippen LogP contribution in [0.2, 0.25) is 25.7 Å². The van der Waals surface area contributed by atoms with Gasteiger partial charge in [0.1, 0.15) is 0 Å². The van der Waals surface area contributed by atoms with Gasteiger partial charge in [-0.15, -0.1) is 0 Å². The monoisotopic (exact) mass is 186 g/mol. The maximum atomic E-state index is 10.2. The number of rotatable bonds is 2. The van der Waals surface area contributed by atoms with E-state index < -0.39 is 8.07 Å². The molecule has 0 atom stereocenters. The molecule has 0 heterocycles. The molecule has 1 N–H and O–H groups in total. The molecule has 1 saturated carbocycles. The van der Waals surface area contributed by atoms with E-state index in [-0.39, 0.29) is 5.60 Å². The molecule has 0 aliphatic heterocycles. The standard InChI is InChI=1S/C10H22OSi/c1-12(2,3)9-10(11)7-5-4-6-8-10/h11H,4-9H2,1-3H3. The van der Waals surface area contributed by atoms with Crippen LogP contribution in [-0.4, -0.2) is 18.8 Å². The average molecular weight is 186 g/mol. The van der Waals surface area contributed by atoms with E-state index in [1.807, 2.05) is 0 Å². The van der Waals surface area contributed by atoms with Crippen LogP contribution in [0.4, 0.5) is 0 Å². The van der Waals surface area contributed by atoms with Gasteiger partial charge in [0.15, 0.2) is 0 Å². The minimum Gasteiger partial charge on any atom is -0.390 e. The first-order chi connectivity index (χ1) is 5.41. The van der Waals surface area contributed by atoms with Crippen molar-refractivity contribution in [2.45, 2.75) is 63.4 Å². The number of hydrogen-bond donors (Lipinski definition) is 1. The summed E-state index contributed by atoms with van der Waals surface area (Å²) >= 11 is 0. The fraction of sp³-hybridized carbons (Fsp3) is 1.00. The molecule has 0 radical (unpaired) electrons. The SMILES string of the molecule is C[Si](C)(C)CC1(O)CCCCC1. The molecule has 0 amide bonds. The summed E-state index contributed by atoms with van der Waals surface area (Å²) in [6, 6.07) is 1.10. The van der Waals surface area contributed by atoms with E-state index >= 15 is 0 Å². The Morgan fingerprint density at radius 3 is 2.00 bits per heavy atom. The lowest BCUT2D eigenvalue weighted by Crippen LogP contribution is -2.39. The fourth-order valence-corrected chi connectivity index (χ4v) is 4.70. The first-order valence-corrected chi connectivity index (χ1v) is 8.84. The lowest BCUT2D eigenvalue weighted by molar-refractivity contribution is 0.0213. The van der Waals surface area contributed by atoms with E-state index in [0.29, 0.717) is 0 Å². The Bertz CT molecular complexity index is 142. The third kappa shape index (κ3) is 3.28. The molecule has 0 unspecified atom stereocenters. The first-order valence-electron chi connectivity index (χ1n) is 5.14. The summed E-state index contributed by atoms with van der Waals surface area (Å²) in [6.45, 7) is 7.04. The maximum absolute atomic E-state index is 10.2. The predicted molar refractivity (Wildman–Crippen MR) is 56.2 cm³/mol. The van der Waals surface area contributed by atoms with Gasteiger partial charge in [0.05, 0.1) is 5.60 Å². The Kier molecular flexibility index (Phi) is 3.00. The molecule has 0 aromatic rings. The number of aliphatic hydroxyl groups is 1. The topological polar surface area (TPSA) is 20.2 Å². The van der Waals surface area contributed by atoms with Gasteiger partial charge in [0.2, 0.25) is 0 Å². The van der Waals surface area contributed by atoms with Crippen molar-refractivity contribution in [3.8, 4) is 0 Å². The van der Waals surface area contributed by atoms with Crippen molar-refractivity contribution < 1.29 is 5.11 Å². The molecule has 1 aliphatic carbocycles. The highest BCUT2D eigenvalue weighted by Gasteiger charge is 2.33. The zero-order chi connectivity index (χ0) is 9.24. The van der Waals surface area contributed by atoms with Crippen molar-refractivity contribution in [1.29, 1.82) is 0 Å². The molecule has 1 rings (SSSR count). The van der Waals surface area contributed by atoms with Crippen molar-refractivity contribution in [3.05, 3.63) is 0 Å². The first kappa shape index (κ1) is 10.3. The van der Waals surface area contributed by atoms with Gasteiger partial charge in [-0.1, -0.05) is 38.9 Å². The van der Waals surface area contributed by atoms with Gasteiger partial charge < -0.3 is 5.11 Å². The molecule has 1 fully saturated rings. The maximum Gasteiger partial charge on any atom is 0.0624 e. The summed E-state index contributed by atoms with van der Waals surface area (Å²) in [6.07, 6.45) is 5.91. The van der Waals surface area contributed by atoms with Crippen molar-refractivity contribution in [2.75, 3.05) is 0 Å². The Balaban J connectivity index is 2.47. The van der Waals surface area contributed by atoms with Crippen LogP contribution < -0.4 is 0 Å². The van der Waals surface area contributed by atoms with Gasteiger partial charge in [0, 0.05) is 8.07 Å². The minimum absolute atomic E-state index is 0.275. The van der Waals surface area contributed by atoms with Crippen LogP contribution in [0.25, 0.3) is 0 Å². The Morgan fingerprint density at radius 2 is 1.58 bits per heavy atom. The van der Waals surface area contributed by atoms with E-state index in [1.54, 1.807) is 0 Å². The van der Waals surface area contributed by atoms with Crippen LogP contribution in [-0.2, 0) is 0 Å². The van der Waals surface area contributed by atoms with E-state index in [2.05, 4.69) is 19.6 Å². The van der Waals surface area contributed by atoms with E-state index in [4.69, 9.17) is 0 Å². The molecule has 0 aromatic carbocycles. The molecule has 0 aromatic heterocycles. The molecule has 72 valence electrons. The number of hydrogen-bond acceptors (Lipinski definition) is 1. The normalized spacial score (nSPS) is 24.0. The van der Waals surface area contributed by atoms with Crippen molar-refractivity contribution >= 4 is 8.07 Å². The summed E-state index contributed by atoms with van der Waals surface area (Å²) in [4.78, 5) is 0. The minimum atomic E-state index is -1.07. The summed E-state index contributed by atoms with van der Waals surface area (Å²) in [7, 11) is -1.07. The van der Waals surface area contributed by atoms with Crippen LogP contribution in [0, 0.1) is 0 Å². The van der Waals surface area contributed by atoms with Crippen LogP contribution >= 0.6 is 0 Å². The third-order valence-corrected chi connectivity index (χ3v) is 4.36. The zero-order valence-corrected chi connectivity index (χ0v) is 9.69. The Labute approximate surface area is 77.2 Å². The Hall–Kier alpha value is 0.177. The van der Waals surface area contributed by atoms with Gasteiger partial charge in [0.25, 0.3) is 0 Å². The summed E-state index contributed by atoms with van der Waals surface area (Å²) < 4.78 is 0. The highest BCUT2D eigenvalue weighted by atomic mass is 28.3. The van der Waals surface area contributed by atoms with Gasteiger partial charge in [-0.05, 0) is 18.9 Å². The quantitative estimate of drug-likeness (QED) is 0.657. The van der Waals surface area contributed by atoms with E-state index in [9.17, 15) is 5.11 Å². The molecule has 2 heteroatoms. The van der Waals surface area contributed by atoms with Crippen LogP contribution in [0.1, 0.15) is 32.1 Å². The van der Waals surface area contributed by atoms with E-state index in [0.717, 1.165) is 18.9 Å². The molecule has 1 aliphatic rings. The molecule has 1 nitrogen and oxygen atoms in total. The highest BCUT2D eigenvalue weighted by Crippen LogP contribution is 2.34. The molecule has 0 bridgehead atoms. The van der Waals surface area contributed by atoms with Gasteiger partial charge >= 0.3 is 0 Å². The van der Waals surface area contributed by atoms with E-state index in [1.165, 1.54) is 19.3 Å². The molecular formula is C10H22OSi.